The predicted octanol–water partition coefficient (Wildman–Crippen LogP) is 4.28. The molecule has 15 nitrogen and oxygen atoms in total. The second kappa shape index (κ2) is 26.6. The molecule has 1 aliphatic rings. The largest absolute Gasteiger partial charge is 0.508 e. The first-order chi connectivity index (χ1) is 32.3. The number of carbonyl (C=O) groups is 6. The molecule has 0 saturated carbocycles. The molecule has 3 aromatic carbocycles. The number of unbranched alkanes of at least 4 members (excludes halogenated alkanes) is 2. The van der Waals surface area contributed by atoms with Crippen LogP contribution in [-0.2, 0) is 48.0 Å². The highest BCUT2D eigenvalue weighted by Gasteiger charge is 2.37. The van der Waals surface area contributed by atoms with E-state index in [9.17, 15) is 39.0 Å². The number of ketones is 1. The fourth-order valence-electron chi connectivity index (χ4n) is 8.85. The first-order valence-corrected chi connectivity index (χ1v) is 24.2. The molecule has 1 fully saturated rings. The van der Waals surface area contributed by atoms with Gasteiger partial charge in [0, 0.05) is 67.8 Å². The van der Waals surface area contributed by atoms with E-state index in [0.717, 1.165) is 22.0 Å². The molecule has 1 aromatic heterocycles. The number of carbonyl (C=O) groups excluding carboxylic acids is 6. The van der Waals surface area contributed by atoms with Gasteiger partial charge in [-0.1, -0.05) is 67.1 Å². The van der Waals surface area contributed by atoms with Crippen LogP contribution in [0.15, 0.2) is 85.1 Å². The molecule has 7 atom stereocenters. The van der Waals surface area contributed by atoms with Crippen LogP contribution in [0.1, 0.15) is 87.8 Å². The van der Waals surface area contributed by atoms with Gasteiger partial charge in [0.05, 0.1) is 12.1 Å². The molecule has 0 radical (unpaired) electrons. The van der Waals surface area contributed by atoms with Gasteiger partial charge in [-0.3, -0.25) is 28.8 Å². The lowest BCUT2D eigenvalue weighted by Crippen LogP contribution is -2.59. The van der Waals surface area contributed by atoms with E-state index in [1.54, 1.807) is 12.1 Å². The first kappa shape index (κ1) is 52.3. The molecular weight excluding hydrogens is 871 g/mol. The number of fused-ring (bicyclic) bond motifs is 1. The zero-order valence-corrected chi connectivity index (χ0v) is 39.6. The van der Waals surface area contributed by atoms with Crippen molar-refractivity contribution in [2.45, 2.75) is 121 Å². The number of phenolic OH excluding ortho intramolecular Hbond substituents is 1. The molecular formula is C51H69N7O8S. The summed E-state index contributed by atoms with van der Waals surface area (Å²) >= 11 is 4.13. The minimum Gasteiger partial charge on any atom is -0.508 e. The number of hydrogen-bond acceptors (Lipinski definition) is 10. The zero-order valence-electron chi connectivity index (χ0n) is 38.8. The maximum absolute atomic E-state index is 14.9. The number of benzene rings is 3. The maximum Gasteiger partial charge on any atom is 0.245 e. The van der Waals surface area contributed by atoms with Gasteiger partial charge < -0.3 is 47.1 Å². The van der Waals surface area contributed by atoms with Gasteiger partial charge in [0.15, 0.2) is 5.78 Å². The van der Waals surface area contributed by atoms with E-state index in [1.807, 2.05) is 60.8 Å². The van der Waals surface area contributed by atoms with Crippen LogP contribution in [0.3, 0.4) is 0 Å². The Balaban J connectivity index is 1.57. The van der Waals surface area contributed by atoms with E-state index in [1.165, 1.54) is 31.0 Å². The van der Waals surface area contributed by atoms with Crippen LogP contribution >= 0.6 is 12.6 Å². The Morgan fingerprint density at radius 1 is 0.806 bits per heavy atom. The van der Waals surface area contributed by atoms with Crippen molar-refractivity contribution in [2.75, 3.05) is 25.9 Å². The van der Waals surface area contributed by atoms with Crippen LogP contribution in [0.2, 0.25) is 0 Å². The van der Waals surface area contributed by atoms with Gasteiger partial charge in [0.1, 0.15) is 17.8 Å². The number of aromatic amines is 1. The van der Waals surface area contributed by atoms with Crippen molar-refractivity contribution in [3.05, 3.63) is 102 Å². The zero-order chi connectivity index (χ0) is 48.3. The predicted molar refractivity (Wildman–Crippen MR) is 262 cm³/mol. The number of aliphatic hydroxyl groups excluding tert-OH is 1. The minimum atomic E-state index is -1.42. The van der Waals surface area contributed by atoms with Crippen molar-refractivity contribution >= 4 is 58.9 Å². The molecule has 362 valence electrons. The number of aromatic nitrogens is 1. The van der Waals surface area contributed by atoms with Gasteiger partial charge in [-0.25, -0.2) is 0 Å². The van der Waals surface area contributed by atoms with E-state index in [0.29, 0.717) is 75.8 Å². The summed E-state index contributed by atoms with van der Waals surface area (Å²) in [7, 11) is 1.51. The van der Waals surface area contributed by atoms with Crippen LogP contribution in [-0.4, -0.2) is 112 Å². The van der Waals surface area contributed by atoms with Crippen molar-refractivity contribution < 1.29 is 39.0 Å². The highest BCUT2D eigenvalue weighted by atomic mass is 32.1. The molecule has 5 rings (SSSR count). The highest BCUT2D eigenvalue weighted by molar-refractivity contribution is 7.80. The van der Waals surface area contributed by atoms with E-state index >= 15 is 0 Å². The number of aliphatic hydroxyl groups is 1. The van der Waals surface area contributed by atoms with Gasteiger partial charge >= 0.3 is 0 Å². The lowest BCUT2D eigenvalue weighted by Gasteiger charge is -2.33. The molecule has 0 bridgehead atoms. The number of amides is 5. The van der Waals surface area contributed by atoms with Gasteiger partial charge in [-0.2, -0.15) is 12.6 Å². The molecule has 0 spiro atoms. The quantitative estimate of drug-likeness (QED) is 0.0511. The number of H-pyrrole nitrogens is 1. The first-order valence-electron chi connectivity index (χ1n) is 23.6. The fourth-order valence-corrected chi connectivity index (χ4v) is 9.05. The molecule has 0 unspecified atom stereocenters. The number of hydrogen-bond donors (Lipinski definition) is 9. The Hall–Kier alpha value is -5.71. The lowest BCUT2D eigenvalue weighted by atomic mass is 9.88. The molecule has 1 saturated heterocycles. The standard InChI is InChI=1S/C51H69N7O8S/c1-33(59)47-50(65)56-43(29-34-12-4-3-5-13-34)51(66)58(2)44(17-9-11-26-53-46(62)24-27-67)45(61)31-37(28-35-18-22-40(60)23-19-35)49(64)55-39(21-20-36(48(63)57-47)14-8-10-25-52)30-38-32-54-42-16-7-6-15-41(38)42/h3-7,12-13,15-16,18-19,22-23,32-33,36-37,39,43-44,47,54,59-60,67H,8-11,14,17,20-21,24-31,52H2,1-2H3,(H,53,62)(H,55,64)(H,56,65)(H,57,63)/t33-,36-,37-,39+,43+,44+,47+/m1/s1. The highest BCUT2D eigenvalue weighted by Crippen LogP contribution is 2.26. The summed E-state index contributed by atoms with van der Waals surface area (Å²) < 4.78 is 0. The second-order valence-electron chi connectivity index (χ2n) is 17.8. The van der Waals surface area contributed by atoms with E-state index in [-0.39, 0.29) is 55.5 Å². The molecule has 0 aliphatic carbocycles. The van der Waals surface area contributed by atoms with E-state index in [4.69, 9.17) is 5.73 Å². The van der Waals surface area contributed by atoms with Crippen molar-refractivity contribution in [2.24, 2.45) is 17.6 Å². The Bertz CT molecular complexity index is 2240. The van der Waals surface area contributed by atoms with Gasteiger partial charge in [-0.05, 0) is 112 Å². The Labute approximate surface area is 399 Å². The average molecular weight is 940 g/mol. The summed E-state index contributed by atoms with van der Waals surface area (Å²) in [6.07, 6.45) is 4.73. The molecule has 67 heavy (non-hydrogen) atoms. The third-order valence-electron chi connectivity index (χ3n) is 12.7. The lowest BCUT2D eigenvalue weighted by molar-refractivity contribution is -0.143. The monoisotopic (exact) mass is 939 g/mol. The van der Waals surface area contributed by atoms with Crippen molar-refractivity contribution in [1.82, 2.24) is 31.2 Å². The van der Waals surface area contributed by atoms with E-state index < -0.39 is 59.8 Å². The number of para-hydroxylation sites is 1. The molecule has 5 amide bonds. The van der Waals surface area contributed by atoms with Gasteiger partial charge in [0.2, 0.25) is 29.5 Å². The summed E-state index contributed by atoms with van der Waals surface area (Å²) in [5.74, 6) is -3.73. The summed E-state index contributed by atoms with van der Waals surface area (Å²) in [6.45, 7) is 2.17. The van der Waals surface area contributed by atoms with Crippen molar-refractivity contribution in [3.8, 4) is 5.75 Å². The van der Waals surface area contributed by atoms with Crippen molar-refractivity contribution in [1.29, 1.82) is 0 Å². The number of rotatable bonds is 18. The number of likely N-dealkylation sites (N-methyl/N-ethyl adjacent to an activating group) is 1. The summed E-state index contributed by atoms with van der Waals surface area (Å²) in [4.78, 5) is 90.0. The fraction of sp³-hybridized carbons (Fsp3) is 0.490. The smallest absolute Gasteiger partial charge is 0.245 e. The maximum atomic E-state index is 14.9. The van der Waals surface area contributed by atoms with Crippen LogP contribution in [0.4, 0.5) is 0 Å². The second-order valence-corrected chi connectivity index (χ2v) is 18.3. The minimum absolute atomic E-state index is 0.0414. The third kappa shape index (κ3) is 16.0. The Morgan fingerprint density at radius 2 is 1.49 bits per heavy atom. The summed E-state index contributed by atoms with van der Waals surface area (Å²) in [5.41, 5.74) is 9.18. The SMILES string of the molecule is C[C@@H](O)[C@@H]1NC(=O)[C@H](CCCCN)CC[C@@H](Cc2c[nH]c3ccccc23)NC(=O)[C@H](Cc2ccc(O)cc2)CC(=O)[C@H](CCCCNC(=O)CCS)N(C)C(=O)[C@H](Cc2ccccc2)NC1=O. The number of nitrogens with zero attached hydrogens (tertiary/aromatic N) is 1. The number of Topliss-reactive ketones (excluding diaryl/α,β-unsaturated/α-hetero) is 1. The molecule has 4 aromatic rings. The molecule has 16 heteroatoms. The van der Waals surface area contributed by atoms with Gasteiger partial charge in [-0.15, -0.1) is 0 Å². The van der Waals surface area contributed by atoms with Gasteiger partial charge in [0.25, 0.3) is 0 Å². The topological polar surface area (TPSA) is 236 Å². The number of nitrogens with two attached hydrogens (primary N) is 1. The number of nitrogens with one attached hydrogen (secondary N) is 5. The van der Waals surface area contributed by atoms with Crippen molar-refractivity contribution in [3.63, 3.8) is 0 Å². The Kier molecular flexibility index (Phi) is 20.7. The molecule has 9 N–H and O–H groups in total. The average Bonchev–Trinajstić information content (AvgIpc) is 3.72. The number of thiol groups is 1. The summed E-state index contributed by atoms with van der Waals surface area (Å²) in [5, 5.41) is 33.9. The van der Waals surface area contributed by atoms with Crippen LogP contribution in [0.25, 0.3) is 10.9 Å². The number of aromatic hydroxyl groups is 1. The Morgan fingerprint density at radius 3 is 2.21 bits per heavy atom. The van der Waals surface area contributed by atoms with Crippen LogP contribution in [0, 0.1) is 11.8 Å². The normalized spacial score (nSPS) is 22.0. The summed E-state index contributed by atoms with van der Waals surface area (Å²) in [6, 6.07) is 19.2. The van der Waals surface area contributed by atoms with Crippen LogP contribution < -0.4 is 27.0 Å². The molecule has 1 aliphatic heterocycles. The number of phenols is 1. The third-order valence-corrected chi connectivity index (χ3v) is 12.9. The molecule has 2 heterocycles. The van der Waals surface area contributed by atoms with Crippen LogP contribution in [0.5, 0.6) is 5.75 Å². The van der Waals surface area contributed by atoms with E-state index in [2.05, 4.69) is 38.9 Å².